The predicted molar refractivity (Wildman–Crippen MR) is 84.8 cm³/mol. The van der Waals surface area contributed by atoms with E-state index in [0.717, 1.165) is 25.7 Å². The van der Waals surface area contributed by atoms with Crippen molar-refractivity contribution in [3.8, 4) is 0 Å². The van der Waals surface area contributed by atoms with Gasteiger partial charge in [-0.3, -0.25) is 0 Å². The molecule has 1 aromatic heterocycles. The van der Waals surface area contributed by atoms with E-state index in [-0.39, 0.29) is 10.9 Å². The van der Waals surface area contributed by atoms with E-state index >= 15 is 0 Å². The number of rotatable bonds is 6. The molecule has 1 aliphatic rings. The van der Waals surface area contributed by atoms with Crippen LogP contribution in [0.4, 0.5) is 5.82 Å². The fraction of sp³-hybridized carbons (Fsp3) is 0.667. The molecule has 5 nitrogen and oxygen atoms in total. The summed E-state index contributed by atoms with van der Waals surface area (Å²) in [6.07, 6.45) is 6.85. The quantitative estimate of drug-likeness (QED) is 0.847. The maximum absolute atomic E-state index is 12.5. The minimum Gasteiger partial charge on any atom is -0.370 e. The van der Waals surface area contributed by atoms with Crippen molar-refractivity contribution in [2.45, 2.75) is 56.9 Å². The highest BCUT2D eigenvalue weighted by Crippen LogP contribution is 2.27. The molecule has 1 saturated carbocycles. The summed E-state index contributed by atoms with van der Waals surface area (Å²) in [7, 11) is -3.46. The standard InChI is InChI=1S/C15H25N3O2S/c1-3-12-6-5-7-13(10-12)18-21(19,20)14-8-9-17-15(11-14)16-4-2/h8-9,11-13,18H,3-7,10H2,1-2H3,(H,16,17). The van der Waals surface area contributed by atoms with E-state index in [1.165, 1.54) is 12.6 Å². The number of anilines is 1. The molecule has 118 valence electrons. The average molecular weight is 311 g/mol. The summed E-state index contributed by atoms with van der Waals surface area (Å²) in [4.78, 5) is 4.40. The molecule has 1 aromatic rings. The van der Waals surface area contributed by atoms with Gasteiger partial charge < -0.3 is 5.32 Å². The predicted octanol–water partition coefficient (Wildman–Crippen LogP) is 2.76. The van der Waals surface area contributed by atoms with Crippen molar-refractivity contribution in [3.63, 3.8) is 0 Å². The number of aromatic nitrogens is 1. The van der Waals surface area contributed by atoms with Crippen LogP contribution in [0.15, 0.2) is 23.2 Å². The molecule has 0 spiro atoms. The van der Waals surface area contributed by atoms with E-state index < -0.39 is 10.0 Å². The summed E-state index contributed by atoms with van der Waals surface area (Å²) in [5.74, 6) is 1.23. The third kappa shape index (κ3) is 4.41. The van der Waals surface area contributed by atoms with Crippen molar-refractivity contribution in [2.24, 2.45) is 5.92 Å². The Morgan fingerprint density at radius 3 is 2.86 bits per heavy atom. The Hall–Kier alpha value is -1.14. The SMILES string of the molecule is CCNc1cc(S(=O)(=O)NC2CCCC(CC)C2)ccn1. The number of hydrogen-bond donors (Lipinski definition) is 2. The Bertz CT molecular complexity index is 560. The first kappa shape index (κ1) is 16.2. The van der Waals surface area contributed by atoms with E-state index in [9.17, 15) is 8.42 Å². The highest BCUT2D eigenvalue weighted by Gasteiger charge is 2.25. The molecule has 0 amide bonds. The second kappa shape index (κ2) is 7.22. The maximum atomic E-state index is 12.5. The minimum atomic E-state index is -3.46. The lowest BCUT2D eigenvalue weighted by Gasteiger charge is -2.28. The maximum Gasteiger partial charge on any atom is 0.241 e. The molecule has 2 rings (SSSR count). The third-order valence-corrected chi connectivity index (χ3v) is 5.60. The van der Waals surface area contributed by atoms with Gasteiger partial charge in [0, 0.05) is 24.8 Å². The van der Waals surface area contributed by atoms with Crippen LogP contribution in [0.1, 0.15) is 46.0 Å². The molecule has 0 radical (unpaired) electrons. The number of pyridine rings is 1. The molecule has 21 heavy (non-hydrogen) atoms. The number of sulfonamides is 1. The van der Waals surface area contributed by atoms with Gasteiger partial charge in [0.1, 0.15) is 5.82 Å². The lowest BCUT2D eigenvalue weighted by atomic mass is 9.85. The van der Waals surface area contributed by atoms with Crippen LogP contribution in [-0.4, -0.2) is 26.0 Å². The van der Waals surface area contributed by atoms with Gasteiger partial charge >= 0.3 is 0 Å². The molecule has 2 unspecified atom stereocenters. The van der Waals surface area contributed by atoms with Gasteiger partial charge in [0.2, 0.25) is 10.0 Å². The molecule has 6 heteroatoms. The number of nitrogens with zero attached hydrogens (tertiary/aromatic N) is 1. The van der Waals surface area contributed by atoms with Crippen LogP contribution in [0.25, 0.3) is 0 Å². The van der Waals surface area contributed by atoms with Crippen molar-refractivity contribution < 1.29 is 8.42 Å². The summed E-state index contributed by atoms with van der Waals surface area (Å²) in [6.45, 7) is 4.84. The van der Waals surface area contributed by atoms with Crippen LogP contribution in [0.3, 0.4) is 0 Å². The molecule has 0 saturated heterocycles. The molecule has 0 aliphatic heterocycles. The van der Waals surface area contributed by atoms with Gasteiger partial charge in [-0.25, -0.2) is 18.1 Å². The first-order valence-electron chi connectivity index (χ1n) is 7.77. The zero-order valence-electron chi connectivity index (χ0n) is 12.8. The molecule has 1 heterocycles. The summed E-state index contributed by atoms with van der Waals surface area (Å²) in [5.41, 5.74) is 0. The Morgan fingerprint density at radius 1 is 1.33 bits per heavy atom. The first-order chi connectivity index (χ1) is 10.0. The van der Waals surface area contributed by atoms with E-state index in [4.69, 9.17) is 0 Å². The second-order valence-corrected chi connectivity index (χ2v) is 7.38. The van der Waals surface area contributed by atoms with Crippen molar-refractivity contribution in [1.82, 2.24) is 9.71 Å². The van der Waals surface area contributed by atoms with E-state index in [1.807, 2.05) is 6.92 Å². The summed E-state index contributed by atoms with van der Waals surface area (Å²) < 4.78 is 27.8. The van der Waals surface area contributed by atoms with Crippen LogP contribution >= 0.6 is 0 Å². The first-order valence-corrected chi connectivity index (χ1v) is 9.25. The Kier molecular flexibility index (Phi) is 5.58. The van der Waals surface area contributed by atoms with Crippen molar-refractivity contribution in [2.75, 3.05) is 11.9 Å². The van der Waals surface area contributed by atoms with Crippen LogP contribution < -0.4 is 10.0 Å². The van der Waals surface area contributed by atoms with Gasteiger partial charge in [0.15, 0.2) is 0 Å². The van der Waals surface area contributed by atoms with E-state index in [1.54, 1.807) is 12.1 Å². The molecular formula is C15H25N3O2S. The number of hydrogen-bond acceptors (Lipinski definition) is 4. The minimum absolute atomic E-state index is 0.0597. The Labute approximate surface area is 127 Å². The van der Waals surface area contributed by atoms with Crippen LogP contribution in [0.2, 0.25) is 0 Å². The molecule has 2 N–H and O–H groups in total. The van der Waals surface area contributed by atoms with Crippen molar-refractivity contribution in [3.05, 3.63) is 18.3 Å². The number of nitrogens with one attached hydrogen (secondary N) is 2. The average Bonchev–Trinajstić information content (AvgIpc) is 2.48. The Balaban J connectivity index is 2.09. The van der Waals surface area contributed by atoms with Crippen LogP contribution in [0, 0.1) is 5.92 Å². The fourth-order valence-electron chi connectivity index (χ4n) is 2.91. The van der Waals surface area contributed by atoms with Gasteiger partial charge in [-0.2, -0.15) is 0 Å². The largest absolute Gasteiger partial charge is 0.370 e. The highest BCUT2D eigenvalue weighted by molar-refractivity contribution is 7.89. The van der Waals surface area contributed by atoms with Crippen LogP contribution in [-0.2, 0) is 10.0 Å². The fourth-order valence-corrected chi connectivity index (χ4v) is 4.21. The second-order valence-electron chi connectivity index (χ2n) is 5.67. The zero-order valence-corrected chi connectivity index (χ0v) is 13.6. The third-order valence-electron chi connectivity index (χ3n) is 4.08. The van der Waals surface area contributed by atoms with Crippen LogP contribution in [0.5, 0.6) is 0 Å². The molecule has 1 fully saturated rings. The summed E-state index contributed by atoms with van der Waals surface area (Å²) in [5, 5.41) is 3.04. The van der Waals surface area contributed by atoms with Gasteiger partial charge in [-0.15, -0.1) is 0 Å². The van der Waals surface area contributed by atoms with Gasteiger partial charge in [0.05, 0.1) is 4.90 Å². The zero-order chi connectivity index (χ0) is 15.3. The smallest absolute Gasteiger partial charge is 0.241 e. The molecule has 0 aromatic carbocycles. The summed E-state index contributed by atoms with van der Waals surface area (Å²) in [6, 6.07) is 3.19. The van der Waals surface area contributed by atoms with E-state index in [0.29, 0.717) is 18.3 Å². The molecule has 2 atom stereocenters. The van der Waals surface area contributed by atoms with E-state index in [2.05, 4.69) is 21.9 Å². The normalized spacial score (nSPS) is 23.0. The lowest BCUT2D eigenvalue weighted by molar-refractivity contribution is 0.301. The van der Waals surface area contributed by atoms with Gasteiger partial charge in [-0.05, 0) is 31.7 Å². The van der Waals surface area contributed by atoms with Gasteiger partial charge in [0.25, 0.3) is 0 Å². The summed E-state index contributed by atoms with van der Waals surface area (Å²) >= 11 is 0. The highest BCUT2D eigenvalue weighted by atomic mass is 32.2. The Morgan fingerprint density at radius 2 is 2.14 bits per heavy atom. The molecular weight excluding hydrogens is 286 g/mol. The van der Waals surface area contributed by atoms with Crippen molar-refractivity contribution >= 4 is 15.8 Å². The van der Waals surface area contributed by atoms with Gasteiger partial charge in [-0.1, -0.05) is 26.2 Å². The molecule has 0 bridgehead atoms. The lowest BCUT2D eigenvalue weighted by Crippen LogP contribution is -2.38. The molecule has 1 aliphatic carbocycles. The van der Waals surface area contributed by atoms with Crippen molar-refractivity contribution in [1.29, 1.82) is 0 Å². The topological polar surface area (TPSA) is 71.1 Å². The monoisotopic (exact) mass is 311 g/mol.